The number of hydrogen-bond donors (Lipinski definition) is 4. The second-order valence-corrected chi connectivity index (χ2v) is 11.3. The standard InChI is InChI=1S/C37H44N4O5/c1-6-28-29-14-12-26(21-33(29)41-31(28)15-11-24(3)4)27-13-16-36(40-22-27)46-23-35(44)39-18-20-45-19-17-38-32-10-8-9-30(34(43)7-2)37(32)25(5)42/h6,8-16,21-22,24,36,38,40-41H,1,7,17-20,23H2,2-5H3,(H,39,44)/b15-11-. The monoisotopic (exact) mass is 624 g/mol. The molecule has 1 atom stereocenters. The second kappa shape index (κ2) is 16.5. The quantitative estimate of drug-likeness (QED) is 0.102. The Hall–Kier alpha value is -4.73. The predicted octanol–water partition coefficient (Wildman–Crippen LogP) is 6.36. The van der Waals surface area contributed by atoms with Crippen molar-refractivity contribution >= 4 is 51.8 Å². The Balaban J connectivity index is 1.16. The van der Waals surface area contributed by atoms with Gasteiger partial charge in [0.25, 0.3) is 0 Å². The molecular weight excluding hydrogens is 580 g/mol. The van der Waals surface area contributed by atoms with E-state index >= 15 is 0 Å². The number of ether oxygens (including phenoxy) is 2. The molecule has 9 heteroatoms. The summed E-state index contributed by atoms with van der Waals surface area (Å²) in [6.45, 7) is 12.9. The van der Waals surface area contributed by atoms with Crippen molar-refractivity contribution in [1.82, 2.24) is 15.6 Å². The van der Waals surface area contributed by atoms with Crippen molar-refractivity contribution < 1.29 is 23.9 Å². The Morgan fingerprint density at radius 3 is 2.61 bits per heavy atom. The summed E-state index contributed by atoms with van der Waals surface area (Å²) >= 11 is 0. The van der Waals surface area contributed by atoms with E-state index in [1.807, 2.05) is 24.4 Å². The molecule has 9 nitrogen and oxygen atoms in total. The number of fused-ring (bicyclic) bond motifs is 1. The van der Waals surface area contributed by atoms with Gasteiger partial charge in [-0.3, -0.25) is 14.4 Å². The van der Waals surface area contributed by atoms with E-state index in [-0.39, 0.29) is 24.1 Å². The van der Waals surface area contributed by atoms with Crippen LogP contribution < -0.4 is 16.0 Å². The molecule has 4 rings (SSSR count). The fraction of sp³-hybridized carbons (Fsp3) is 0.324. The maximum atomic E-state index is 12.3. The van der Waals surface area contributed by atoms with E-state index in [1.165, 1.54) is 6.92 Å². The summed E-state index contributed by atoms with van der Waals surface area (Å²) in [6, 6.07) is 11.5. The minimum atomic E-state index is -0.419. The Bertz CT molecular complexity index is 1660. The summed E-state index contributed by atoms with van der Waals surface area (Å²) in [5.41, 5.74) is 6.68. The molecule has 0 fully saturated rings. The van der Waals surface area contributed by atoms with Crippen LogP contribution in [0.2, 0.25) is 0 Å². The highest BCUT2D eigenvalue weighted by molar-refractivity contribution is 6.11. The lowest BCUT2D eigenvalue weighted by Crippen LogP contribution is -2.35. The van der Waals surface area contributed by atoms with Crippen molar-refractivity contribution in [3.05, 3.63) is 95.4 Å². The van der Waals surface area contributed by atoms with Gasteiger partial charge < -0.3 is 30.4 Å². The normalized spacial score (nSPS) is 14.4. The molecule has 1 unspecified atom stereocenters. The minimum absolute atomic E-state index is 0.0707. The maximum Gasteiger partial charge on any atom is 0.246 e. The Kier molecular flexibility index (Phi) is 12.3. The van der Waals surface area contributed by atoms with Crippen LogP contribution in [0.5, 0.6) is 0 Å². The van der Waals surface area contributed by atoms with Gasteiger partial charge in [0.15, 0.2) is 11.6 Å². The highest BCUT2D eigenvalue weighted by Crippen LogP contribution is 2.29. The zero-order chi connectivity index (χ0) is 33.1. The number of allylic oxidation sites excluding steroid dienone is 3. The number of carbonyl (C=O) groups is 3. The third-order valence-corrected chi connectivity index (χ3v) is 7.47. The first kappa shape index (κ1) is 34.1. The summed E-state index contributed by atoms with van der Waals surface area (Å²) < 4.78 is 11.3. The lowest BCUT2D eigenvalue weighted by atomic mass is 9.97. The molecule has 0 saturated heterocycles. The van der Waals surface area contributed by atoms with Crippen molar-refractivity contribution in [2.45, 2.75) is 40.3 Å². The van der Waals surface area contributed by atoms with Crippen molar-refractivity contribution in [3.8, 4) is 0 Å². The SMILES string of the molecule is C=Cc1c(/C=C\C(C)C)[nH]c2cc(C3=CNC(OCC(=O)NCCOCCNc4cccc(C(=O)CC)c4C(C)=O)C=C3)ccc12. The summed E-state index contributed by atoms with van der Waals surface area (Å²) in [5, 5.41) is 10.3. The number of hydrogen-bond acceptors (Lipinski definition) is 7. The molecule has 46 heavy (non-hydrogen) atoms. The van der Waals surface area contributed by atoms with Gasteiger partial charge in [-0.1, -0.05) is 69.8 Å². The average Bonchev–Trinajstić information content (AvgIpc) is 3.42. The van der Waals surface area contributed by atoms with Crippen molar-refractivity contribution in [3.63, 3.8) is 0 Å². The van der Waals surface area contributed by atoms with Crippen molar-refractivity contribution in [2.75, 3.05) is 38.2 Å². The molecule has 0 bridgehead atoms. The van der Waals surface area contributed by atoms with Gasteiger partial charge in [0, 0.05) is 59.1 Å². The number of rotatable bonds is 17. The summed E-state index contributed by atoms with van der Waals surface area (Å²) in [7, 11) is 0. The molecule has 2 heterocycles. The van der Waals surface area contributed by atoms with E-state index in [1.54, 1.807) is 25.1 Å². The third-order valence-electron chi connectivity index (χ3n) is 7.47. The molecule has 0 spiro atoms. The number of anilines is 1. The number of nitrogens with one attached hydrogen (secondary N) is 4. The number of benzene rings is 2. The third kappa shape index (κ3) is 8.93. The Morgan fingerprint density at radius 1 is 1.11 bits per heavy atom. The number of carbonyl (C=O) groups excluding carboxylic acids is 3. The number of H-pyrrole nitrogens is 1. The number of aromatic nitrogens is 1. The van der Waals surface area contributed by atoms with Gasteiger partial charge in [-0.15, -0.1) is 0 Å². The van der Waals surface area contributed by atoms with E-state index in [2.05, 4.69) is 71.7 Å². The van der Waals surface area contributed by atoms with Gasteiger partial charge in [-0.2, -0.15) is 0 Å². The molecule has 1 aliphatic rings. The molecular formula is C37H44N4O5. The number of Topliss-reactive ketones (excluding diaryl/α,β-unsaturated/α-hetero) is 2. The predicted molar refractivity (Wildman–Crippen MR) is 186 cm³/mol. The van der Waals surface area contributed by atoms with E-state index in [4.69, 9.17) is 9.47 Å². The van der Waals surface area contributed by atoms with Crippen LogP contribution in [0.15, 0.2) is 67.4 Å². The van der Waals surface area contributed by atoms with Gasteiger partial charge >= 0.3 is 0 Å². The highest BCUT2D eigenvalue weighted by atomic mass is 16.5. The largest absolute Gasteiger partial charge is 0.382 e. The summed E-state index contributed by atoms with van der Waals surface area (Å²) in [4.78, 5) is 40.2. The molecule has 0 aliphatic carbocycles. The van der Waals surface area contributed by atoms with Crippen LogP contribution in [0.25, 0.3) is 28.6 Å². The molecule has 1 aromatic heterocycles. The van der Waals surface area contributed by atoms with Crippen LogP contribution in [0, 0.1) is 5.92 Å². The molecule has 2 aromatic carbocycles. The smallest absolute Gasteiger partial charge is 0.246 e. The van der Waals surface area contributed by atoms with Gasteiger partial charge in [-0.25, -0.2) is 0 Å². The van der Waals surface area contributed by atoms with E-state index in [0.29, 0.717) is 55.5 Å². The van der Waals surface area contributed by atoms with Crippen LogP contribution in [-0.2, 0) is 14.3 Å². The second-order valence-electron chi connectivity index (χ2n) is 11.3. The highest BCUT2D eigenvalue weighted by Gasteiger charge is 2.17. The molecule has 3 aromatic rings. The lowest BCUT2D eigenvalue weighted by Gasteiger charge is -2.19. The van der Waals surface area contributed by atoms with Crippen LogP contribution in [0.4, 0.5) is 5.69 Å². The fourth-order valence-electron chi connectivity index (χ4n) is 5.15. The molecule has 4 N–H and O–H groups in total. The summed E-state index contributed by atoms with van der Waals surface area (Å²) in [5.74, 6) is -0.0227. The molecule has 1 aliphatic heterocycles. The van der Waals surface area contributed by atoms with Gasteiger partial charge in [0.2, 0.25) is 5.91 Å². The van der Waals surface area contributed by atoms with E-state index < -0.39 is 6.23 Å². The number of dihydropyridines is 1. The zero-order valence-corrected chi connectivity index (χ0v) is 27.1. The first-order chi connectivity index (χ1) is 22.2. The molecule has 0 radical (unpaired) electrons. The number of ketones is 2. The van der Waals surface area contributed by atoms with E-state index in [9.17, 15) is 14.4 Å². The molecule has 0 saturated carbocycles. The maximum absolute atomic E-state index is 12.3. The zero-order valence-electron chi connectivity index (χ0n) is 27.1. The van der Waals surface area contributed by atoms with Crippen LogP contribution >= 0.6 is 0 Å². The van der Waals surface area contributed by atoms with Crippen LogP contribution in [-0.4, -0.2) is 61.6 Å². The van der Waals surface area contributed by atoms with Crippen LogP contribution in [0.1, 0.15) is 71.7 Å². The van der Waals surface area contributed by atoms with Gasteiger partial charge in [0.1, 0.15) is 12.8 Å². The average molecular weight is 625 g/mol. The van der Waals surface area contributed by atoms with Gasteiger partial charge in [-0.05, 0) is 48.3 Å². The fourth-order valence-corrected chi connectivity index (χ4v) is 5.15. The number of aromatic amines is 1. The molecule has 1 amide bonds. The minimum Gasteiger partial charge on any atom is -0.382 e. The molecule has 242 valence electrons. The Labute approximate surface area is 270 Å². The van der Waals surface area contributed by atoms with Crippen LogP contribution in [0.3, 0.4) is 0 Å². The number of amides is 1. The summed E-state index contributed by atoms with van der Waals surface area (Å²) in [6.07, 6.45) is 11.8. The Morgan fingerprint density at radius 2 is 1.91 bits per heavy atom. The van der Waals surface area contributed by atoms with Crippen molar-refractivity contribution in [1.29, 1.82) is 0 Å². The lowest BCUT2D eigenvalue weighted by molar-refractivity contribution is -0.127. The van der Waals surface area contributed by atoms with E-state index in [0.717, 1.165) is 33.3 Å². The first-order valence-corrected chi connectivity index (χ1v) is 15.7. The van der Waals surface area contributed by atoms with Crippen molar-refractivity contribution in [2.24, 2.45) is 5.92 Å². The topological polar surface area (TPSA) is 122 Å². The van der Waals surface area contributed by atoms with Gasteiger partial charge in [0.05, 0.1) is 18.8 Å². The first-order valence-electron chi connectivity index (χ1n) is 15.7.